The number of carboxylic acid groups (broad SMARTS) is 1. The van der Waals surface area contributed by atoms with E-state index in [1.165, 1.54) is 12.5 Å². The molecular formula is C15H25NO3S. The zero-order chi connectivity index (χ0) is 15.7. The van der Waals surface area contributed by atoms with Crippen molar-refractivity contribution in [1.29, 1.82) is 0 Å². The van der Waals surface area contributed by atoms with E-state index in [4.69, 9.17) is 5.11 Å². The Bertz CT molecular complexity index is 398. The molecule has 0 saturated heterocycles. The first kappa shape index (κ1) is 18.9. The molecule has 0 spiro atoms. The zero-order valence-corrected chi connectivity index (χ0v) is 13.5. The van der Waals surface area contributed by atoms with Crippen LogP contribution in [0.25, 0.3) is 0 Å². The van der Waals surface area contributed by atoms with E-state index in [-0.39, 0.29) is 11.5 Å². The lowest BCUT2D eigenvalue weighted by atomic mass is 10.0. The predicted octanol–water partition coefficient (Wildman–Crippen LogP) is 2.61. The largest absolute Gasteiger partial charge is 0.480 e. The Kier molecular flexibility index (Phi) is 9.25. The molecule has 0 aliphatic carbocycles. The van der Waals surface area contributed by atoms with Crippen LogP contribution in [0.3, 0.4) is 0 Å². The van der Waals surface area contributed by atoms with Crippen molar-refractivity contribution in [1.82, 2.24) is 5.32 Å². The minimum Gasteiger partial charge on any atom is -0.480 e. The van der Waals surface area contributed by atoms with Crippen molar-refractivity contribution < 1.29 is 14.7 Å². The summed E-state index contributed by atoms with van der Waals surface area (Å²) < 4.78 is 0. The number of carbonyl (C=O) groups excluding carboxylic acids is 1. The van der Waals surface area contributed by atoms with Gasteiger partial charge in [-0.15, -0.1) is 0 Å². The maximum absolute atomic E-state index is 11.6. The first-order chi connectivity index (χ1) is 9.27. The highest BCUT2D eigenvalue weighted by Crippen LogP contribution is 2.09. The minimum absolute atomic E-state index is 0.0976. The second-order valence-corrected chi connectivity index (χ2v) is 5.53. The summed E-state index contributed by atoms with van der Waals surface area (Å²) >= 11 is 3.98. The van der Waals surface area contributed by atoms with Gasteiger partial charge in [-0.3, -0.25) is 14.9 Å². The molecule has 2 unspecified atom stereocenters. The Morgan fingerprint density at radius 3 is 2.25 bits per heavy atom. The number of allylic oxidation sites excluding steroid dienone is 3. The van der Waals surface area contributed by atoms with E-state index in [0.717, 1.165) is 18.4 Å². The molecule has 0 aromatic heterocycles. The zero-order valence-electron chi connectivity index (χ0n) is 12.6. The summed E-state index contributed by atoms with van der Waals surface area (Å²) in [6.07, 6.45) is 5.72. The Balaban J connectivity index is 4.71. The van der Waals surface area contributed by atoms with E-state index < -0.39 is 18.1 Å². The molecule has 20 heavy (non-hydrogen) atoms. The summed E-state index contributed by atoms with van der Waals surface area (Å²) in [6.45, 7) is 7.49. The number of aliphatic carboxylic acids is 1. The summed E-state index contributed by atoms with van der Waals surface area (Å²) in [5.74, 6) is -0.953. The van der Waals surface area contributed by atoms with Crippen molar-refractivity contribution in [3.05, 3.63) is 23.3 Å². The van der Waals surface area contributed by atoms with Crippen molar-refractivity contribution in [3.8, 4) is 0 Å². The molecule has 0 saturated carbocycles. The van der Waals surface area contributed by atoms with E-state index in [9.17, 15) is 9.59 Å². The Morgan fingerprint density at radius 1 is 1.25 bits per heavy atom. The van der Waals surface area contributed by atoms with Crippen molar-refractivity contribution in [2.24, 2.45) is 0 Å². The van der Waals surface area contributed by atoms with Crippen LogP contribution in [-0.2, 0) is 9.59 Å². The van der Waals surface area contributed by atoms with Crippen LogP contribution in [0.5, 0.6) is 0 Å². The first-order valence-corrected chi connectivity index (χ1v) is 7.32. The fourth-order valence-corrected chi connectivity index (χ4v) is 1.92. The molecule has 0 rings (SSSR count). The van der Waals surface area contributed by atoms with E-state index >= 15 is 0 Å². The number of Topliss-reactive ketones (excluding diaryl/α,β-unsaturated/α-hetero) is 1. The molecular weight excluding hydrogens is 274 g/mol. The maximum Gasteiger partial charge on any atom is 0.321 e. The molecule has 0 bridgehead atoms. The van der Waals surface area contributed by atoms with E-state index in [0.29, 0.717) is 0 Å². The topological polar surface area (TPSA) is 66.4 Å². The number of hydrogen-bond donors (Lipinski definition) is 3. The van der Waals surface area contributed by atoms with Gasteiger partial charge in [0.05, 0.1) is 6.04 Å². The number of carbonyl (C=O) groups is 2. The molecule has 0 radical (unpaired) electrons. The highest BCUT2D eigenvalue weighted by atomic mass is 32.1. The van der Waals surface area contributed by atoms with Crippen molar-refractivity contribution in [2.75, 3.05) is 5.75 Å². The third-order valence-corrected chi connectivity index (χ3v) is 3.21. The average molecular weight is 299 g/mol. The van der Waals surface area contributed by atoms with Crippen LogP contribution in [0.1, 0.15) is 40.5 Å². The Labute approximate surface area is 126 Å². The van der Waals surface area contributed by atoms with Crippen molar-refractivity contribution in [3.63, 3.8) is 0 Å². The van der Waals surface area contributed by atoms with Gasteiger partial charge in [0.2, 0.25) is 0 Å². The quantitative estimate of drug-likeness (QED) is 0.452. The number of hydrogen-bond acceptors (Lipinski definition) is 4. The second-order valence-electron chi connectivity index (χ2n) is 5.16. The van der Waals surface area contributed by atoms with Gasteiger partial charge < -0.3 is 5.11 Å². The predicted molar refractivity (Wildman–Crippen MR) is 85.3 cm³/mol. The van der Waals surface area contributed by atoms with Gasteiger partial charge in [0.15, 0.2) is 5.78 Å². The molecule has 0 fully saturated rings. The van der Waals surface area contributed by atoms with Crippen LogP contribution in [-0.4, -0.2) is 34.7 Å². The SMILES string of the molecule is CC(=O)C(/C=C(\C)CCC=C(C)C)NC(CS)C(=O)O. The third kappa shape index (κ3) is 8.17. The Hall–Kier alpha value is -1.07. The van der Waals surface area contributed by atoms with Gasteiger partial charge >= 0.3 is 5.97 Å². The average Bonchev–Trinajstić information content (AvgIpc) is 2.32. The van der Waals surface area contributed by atoms with Gasteiger partial charge in [-0.1, -0.05) is 23.3 Å². The standard InChI is InChI=1S/C15H25NO3S/c1-10(2)6-5-7-11(3)8-13(12(4)17)16-14(9-20)15(18)19/h6,8,13-14,16,20H,5,7,9H2,1-4H3,(H,18,19)/b11-8+. The molecule has 5 heteroatoms. The number of thiol groups is 1. The van der Waals surface area contributed by atoms with Crippen LogP contribution in [0.2, 0.25) is 0 Å². The summed E-state index contributed by atoms with van der Waals surface area (Å²) in [6, 6.07) is -1.40. The van der Waals surface area contributed by atoms with Crippen LogP contribution >= 0.6 is 12.6 Å². The molecule has 0 aliphatic heterocycles. The normalized spacial score (nSPS) is 14.6. The van der Waals surface area contributed by atoms with Gasteiger partial charge in [-0.05, 0) is 40.5 Å². The van der Waals surface area contributed by atoms with Gasteiger partial charge in [0.1, 0.15) is 6.04 Å². The molecule has 0 heterocycles. The maximum atomic E-state index is 11.6. The van der Waals surface area contributed by atoms with Crippen LogP contribution in [0.15, 0.2) is 23.3 Å². The Morgan fingerprint density at radius 2 is 1.85 bits per heavy atom. The van der Waals surface area contributed by atoms with Gasteiger partial charge in [-0.2, -0.15) is 12.6 Å². The molecule has 2 atom stereocenters. The fraction of sp³-hybridized carbons (Fsp3) is 0.600. The molecule has 114 valence electrons. The van der Waals surface area contributed by atoms with Gasteiger partial charge in [0, 0.05) is 5.75 Å². The molecule has 2 N–H and O–H groups in total. The lowest BCUT2D eigenvalue weighted by Gasteiger charge is -2.18. The van der Waals surface area contributed by atoms with Gasteiger partial charge in [0.25, 0.3) is 0 Å². The number of rotatable bonds is 9. The summed E-state index contributed by atoms with van der Waals surface area (Å²) in [5, 5.41) is 11.8. The molecule has 0 aromatic rings. The second kappa shape index (κ2) is 9.77. The molecule has 0 amide bonds. The molecule has 4 nitrogen and oxygen atoms in total. The van der Waals surface area contributed by atoms with Crippen LogP contribution in [0, 0.1) is 0 Å². The summed E-state index contributed by atoms with van der Waals surface area (Å²) in [7, 11) is 0. The lowest BCUT2D eigenvalue weighted by molar-refractivity contribution is -0.139. The fourth-order valence-electron chi connectivity index (χ4n) is 1.66. The first-order valence-electron chi connectivity index (χ1n) is 6.68. The van der Waals surface area contributed by atoms with E-state index in [1.54, 1.807) is 6.08 Å². The third-order valence-electron chi connectivity index (χ3n) is 2.84. The lowest BCUT2D eigenvalue weighted by Crippen LogP contribution is -2.46. The highest BCUT2D eigenvalue weighted by Gasteiger charge is 2.21. The summed E-state index contributed by atoms with van der Waals surface area (Å²) in [5.41, 5.74) is 2.33. The van der Waals surface area contributed by atoms with Crippen molar-refractivity contribution >= 4 is 24.4 Å². The smallest absolute Gasteiger partial charge is 0.321 e. The number of carboxylic acids is 1. The van der Waals surface area contributed by atoms with Crippen LogP contribution < -0.4 is 5.32 Å². The van der Waals surface area contributed by atoms with E-state index in [1.807, 2.05) is 20.8 Å². The molecule has 0 aromatic carbocycles. The van der Waals surface area contributed by atoms with E-state index in [2.05, 4.69) is 24.0 Å². The minimum atomic E-state index is -0.998. The number of ketones is 1. The molecule has 0 aliphatic rings. The number of nitrogens with one attached hydrogen (secondary N) is 1. The van der Waals surface area contributed by atoms with Crippen LogP contribution in [0.4, 0.5) is 0 Å². The van der Waals surface area contributed by atoms with Gasteiger partial charge in [-0.25, -0.2) is 0 Å². The van der Waals surface area contributed by atoms with Crippen molar-refractivity contribution in [2.45, 2.75) is 52.6 Å². The highest BCUT2D eigenvalue weighted by molar-refractivity contribution is 7.80. The summed E-state index contributed by atoms with van der Waals surface area (Å²) in [4.78, 5) is 22.6. The monoisotopic (exact) mass is 299 g/mol.